The van der Waals surface area contributed by atoms with Crippen LogP contribution in [0.4, 0.5) is 5.13 Å². The Bertz CT molecular complexity index is 1400. The number of para-hydroxylation sites is 1. The van der Waals surface area contributed by atoms with Gasteiger partial charge in [0.15, 0.2) is 10.9 Å². The van der Waals surface area contributed by atoms with Gasteiger partial charge in [-0.15, -0.1) is 0 Å². The number of amides is 1. The molecule has 1 amide bonds. The summed E-state index contributed by atoms with van der Waals surface area (Å²) in [6.07, 6.45) is 1.07. The molecule has 5 rings (SSSR count). The number of allylic oxidation sites excluding steroid dienone is 2. The zero-order valence-electron chi connectivity index (χ0n) is 21.0. The highest BCUT2D eigenvalue weighted by Gasteiger charge is 2.46. The summed E-state index contributed by atoms with van der Waals surface area (Å²) in [5.74, 6) is -0.276. The smallest absolute Gasteiger partial charge is 0.235 e. The third-order valence-electron chi connectivity index (χ3n) is 6.88. The van der Waals surface area contributed by atoms with Gasteiger partial charge in [-0.25, -0.2) is 4.98 Å². The summed E-state index contributed by atoms with van der Waals surface area (Å²) in [6.45, 7) is 6.01. The molecular formula is C28H29N3O4S. The fraction of sp³-hybridized carbons (Fsp3) is 0.357. The maximum atomic E-state index is 13.9. The van der Waals surface area contributed by atoms with Crippen LogP contribution in [0, 0.1) is 11.3 Å². The number of hydrogen-bond acceptors (Lipinski definition) is 7. The van der Waals surface area contributed by atoms with Crippen LogP contribution in [0.1, 0.15) is 45.1 Å². The highest BCUT2D eigenvalue weighted by molar-refractivity contribution is 7.22. The standard InChI is InChI=1S/C28H29N3O4S/c1-15-23(26(33)31-27-30-18-8-6-7-9-22(18)36-27)24(17-12-16(34-4)10-11-21(17)35-5)25-19(29-15)13-28(2,3)14-20(25)32/h6-12,23-24H,13-14H2,1-5H3,(H,30,31,33)/t23?,24-/m1/s1. The van der Waals surface area contributed by atoms with E-state index in [2.05, 4.69) is 24.1 Å². The van der Waals surface area contributed by atoms with Crippen LogP contribution < -0.4 is 14.8 Å². The second-order valence-corrected chi connectivity index (χ2v) is 11.1. The summed E-state index contributed by atoms with van der Waals surface area (Å²) in [6, 6.07) is 13.2. The van der Waals surface area contributed by atoms with Crippen LogP contribution in [0.25, 0.3) is 10.2 Å². The van der Waals surface area contributed by atoms with E-state index in [1.165, 1.54) is 11.3 Å². The minimum absolute atomic E-state index is 0.0187. The molecule has 1 aliphatic carbocycles. The lowest BCUT2D eigenvalue weighted by molar-refractivity contribution is -0.119. The molecule has 36 heavy (non-hydrogen) atoms. The van der Waals surface area contributed by atoms with Crippen LogP contribution in [-0.4, -0.2) is 36.6 Å². The van der Waals surface area contributed by atoms with Crippen molar-refractivity contribution in [3.8, 4) is 11.5 Å². The van der Waals surface area contributed by atoms with Gasteiger partial charge in [-0.05, 0) is 49.1 Å². The largest absolute Gasteiger partial charge is 0.497 e. The first-order valence-corrected chi connectivity index (χ1v) is 12.7. The van der Waals surface area contributed by atoms with Gasteiger partial charge in [0.1, 0.15) is 11.5 Å². The molecule has 2 heterocycles. The van der Waals surface area contributed by atoms with Gasteiger partial charge in [0.2, 0.25) is 5.91 Å². The Morgan fingerprint density at radius 3 is 2.61 bits per heavy atom. The van der Waals surface area contributed by atoms with Crippen molar-refractivity contribution < 1.29 is 19.1 Å². The lowest BCUT2D eigenvalue weighted by Crippen LogP contribution is -2.41. The van der Waals surface area contributed by atoms with Gasteiger partial charge in [-0.3, -0.25) is 14.6 Å². The van der Waals surface area contributed by atoms with E-state index >= 15 is 0 Å². The third kappa shape index (κ3) is 4.30. The number of rotatable bonds is 5. The first kappa shape index (κ1) is 24.2. The van der Waals surface area contributed by atoms with Gasteiger partial charge in [0.25, 0.3) is 0 Å². The number of ether oxygens (including phenoxy) is 2. The summed E-state index contributed by atoms with van der Waals surface area (Å²) in [5, 5.41) is 3.52. The molecule has 0 bridgehead atoms. The van der Waals surface area contributed by atoms with Crippen molar-refractivity contribution in [2.75, 3.05) is 19.5 Å². The molecule has 186 valence electrons. The van der Waals surface area contributed by atoms with E-state index in [-0.39, 0.29) is 17.1 Å². The summed E-state index contributed by atoms with van der Waals surface area (Å²) in [5.41, 5.74) is 3.37. The van der Waals surface area contributed by atoms with Crippen molar-refractivity contribution in [2.24, 2.45) is 16.3 Å². The SMILES string of the molecule is COc1ccc(OC)c([C@H]2C3=C(CC(C)(C)CC3=O)N=C(C)C2C(=O)Nc2nc3ccccc3s2)c1. The van der Waals surface area contributed by atoms with Gasteiger partial charge >= 0.3 is 0 Å². The van der Waals surface area contributed by atoms with E-state index in [1.807, 2.05) is 49.4 Å². The highest BCUT2D eigenvalue weighted by Crippen LogP contribution is 2.50. The maximum absolute atomic E-state index is 13.9. The Kier molecular flexibility index (Phi) is 6.16. The zero-order chi connectivity index (χ0) is 25.6. The number of anilines is 1. The molecule has 0 fully saturated rings. The first-order valence-electron chi connectivity index (χ1n) is 11.9. The second-order valence-electron chi connectivity index (χ2n) is 10.1. The average Bonchev–Trinajstić information content (AvgIpc) is 3.24. The van der Waals surface area contributed by atoms with Crippen LogP contribution in [0.3, 0.4) is 0 Å². The van der Waals surface area contributed by atoms with Crippen LogP contribution in [-0.2, 0) is 9.59 Å². The fourth-order valence-corrected chi connectivity index (χ4v) is 6.18. The van der Waals surface area contributed by atoms with Gasteiger partial charge < -0.3 is 14.8 Å². The molecule has 1 aromatic heterocycles. The number of Topliss-reactive ketones (excluding diaryl/α,β-unsaturated/α-hetero) is 1. The van der Waals surface area contributed by atoms with Gasteiger partial charge in [0, 0.05) is 34.9 Å². The van der Waals surface area contributed by atoms with Crippen molar-refractivity contribution >= 4 is 44.1 Å². The number of hydrogen-bond donors (Lipinski definition) is 1. The van der Waals surface area contributed by atoms with E-state index in [0.717, 1.165) is 21.5 Å². The molecule has 0 saturated heterocycles. The quantitative estimate of drug-likeness (QED) is 0.477. The van der Waals surface area contributed by atoms with E-state index in [4.69, 9.17) is 14.5 Å². The molecule has 1 unspecified atom stereocenters. The van der Waals surface area contributed by atoms with E-state index in [0.29, 0.717) is 40.8 Å². The zero-order valence-corrected chi connectivity index (χ0v) is 21.9. The molecule has 8 heteroatoms. The minimum atomic E-state index is -0.707. The number of nitrogens with one attached hydrogen (secondary N) is 1. The number of thiazole rings is 1. The normalized spacial score (nSPS) is 21.1. The summed E-state index contributed by atoms with van der Waals surface area (Å²) in [7, 11) is 3.18. The lowest BCUT2D eigenvalue weighted by Gasteiger charge is -2.39. The molecule has 2 atom stereocenters. The molecule has 1 aliphatic heterocycles. The number of nitrogens with zero attached hydrogens (tertiary/aromatic N) is 2. The molecule has 3 aromatic rings. The molecular weight excluding hydrogens is 474 g/mol. The number of carbonyl (C=O) groups is 2. The van der Waals surface area contributed by atoms with Gasteiger partial charge in [-0.2, -0.15) is 0 Å². The topological polar surface area (TPSA) is 89.9 Å². The number of benzene rings is 2. The Balaban J connectivity index is 1.63. The number of aromatic nitrogens is 1. The average molecular weight is 504 g/mol. The summed E-state index contributed by atoms with van der Waals surface area (Å²) in [4.78, 5) is 36.9. The molecule has 0 radical (unpaired) electrons. The van der Waals surface area contributed by atoms with Crippen molar-refractivity contribution in [2.45, 2.75) is 39.5 Å². The van der Waals surface area contributed by atoms with Crippen molar-refractivity contribution in [3.63, 3.8) is 0 Å². The van der Waals surface area contributed by atoms with Crippen molar-refractivity contribution in [1.82, 2.24) is 4.98 Å². The van der Waals surface area contributed by atoms with Crippen molar-refractivity contribution in [1.29, 1.82) is 0 Å². The first-order chi connectivity index (χ1) is 17.2. The predicted octanol–water partition coefficient (Wildman–Crippen LogP) is 5.77. The van der Waals surface area contributed by atoms with Gasteiger partial charge in [-0.1, -0.05) is 37.3 Å². The Morgan fingerprint density at radius 2 is 1.89 bits per heavy atom. The predicted molar refractivity (Wildman–Crippen MR) is 142 cm³/mol. The molecule has 7 nitrogen and oxygen atoms in total. The van der Waals surface area contributed by atoms with Gasteiger partial charge in [0.05, 0.1) is 30.4 Å². The molecule has 1 N–H and O–H groups in total. The molecule has 0 saturated carbocycles. The minimum Gasteiger partial charge on any atom is -0.497 e. The molecule has 0 spiro atoms. The van der Waals surface area contributed by atoms with Crippen LogP contribution in [0.15, 0.2) is 58.7 Å². The second kappa shape index (κ2) is 9.17. The third-order valence-corrected chi connectivity index (χ3v) is 7.83. The van der Waals surface area contributed by atoms with E-state index in [1.54, 1.807) is 14.2 Å². The lowest BCUT2D eigenvalue weighted by atomic mass is 9.66. The number of ketones is 1. The van der Waals surface area contributed by atoms with Crippen LogP contribution in [0.2, 0.25) is 0 Å². The van der Waals surface area contributed by atoms with E-state index in [9.17, 15) is 9.59 Å². The Morgan fingerprint density at radius 1 is 1.11 bits per heavy atom. The van der Waals surface area contributed by atoms with Crippen LogP contribution in [0.5, 0.6) is 11.5 Å². The highest BCUT2D eigenvalue weighted by atomic mass is 32.1. The maximum Gasteiger partial charge on any atom is 0.235 e. The van der Waals surface area contributed by atoms with Crippen molar-refractivity contribution in [3.05, 3.63) is 59.3 Å². The number of aliphatic imine (C=N–C) groups is 1. The summed E-state index contributed by atoms with van der Waals surface area (Å²) < 4.78 is 12.2. The molecule has 2 aliphatic rings. The fourth-order valence-electron chi connectivity index (χ4n) is 5.31. The number of carbonyl (C=O) groups excluding carboxylic acids is 2. The Labute approximate surface area is 214 Å². The molecule has 2 aromatic carbocycles. The number of fused-ring (bicyclic) bond motifs is 1. The Hall–Kier alpha value is -3.52. The van der Waals surface area contributed by atoms with E-state index < -0.39 is 11.8 Å². The van der Waals surface area contributed by atoms with Crippen LogP contribution >= 0.6 is 11.3 Å². The number of methoxy groups -OCH3 is 2. The monoisotopic (exact) mass is 503 g/mol. The summed E-state index contributed by atoms with van der Waals surface area (Å²) >= 11 is 1.42.